The van der Waals surface area contributed by atoms with Gasteiger partial charge in [-0.05, 0) is 30.3 Å². The number of halogens is 2. The van der Waals surface area contributed by atoms with E-state index in [0.717, 1.165) is 33.6 Å². The number of nitrogens with zero attached hydrogens (tertiary/aromatic N) is 4. The molecule has 2 heterocycles. The third kappa shape index (κ3) is 2.99. The summed E-state index contributed by atoms with van der Waals surface area (Å²) in [6, 6.07) is 21.0. The Morgan fingerprint density at radius 2 is 1.72 bits per heavy atom. The highest BCUT2D eigenvalue weighted by molar-refractivity contribution is 6.36. The van der Waals surface area contributed by atoms with Crippen molar-refractivity contribution in [1.29, 1.82) is 0 Å². The Labute approximate surface area is 176 Å². The van der Waals surface area contributed by atoms with Crippen LogP contribution >= 0.6 is 23.2 Å². The lowest BCUT2D eigenvalue weighted by Gasteiger charge is -2.11. The lowest BCUT2D eigenvalue weighted by atomic mass is 10.1. The van der Waals surface area contributed by atoms with Crippen LogP contribution in [-0.4, -0.2) is 26.7 Å². The first-order valence-electron chi connectivity index (χ1n) is 8.89. The molecule has 0 aliphatic rings. The van der Waals surface area contributed by atoms with Crippen molar-refractivity contribution < 1.29 is 4.74 Å². The molecule has 0 saturated carbocycles. The minimum absolute atomic E-state index is 0.501. The van der Waals surface area contributed by atoms with Gasteiger partial charge in [-0.2, -0.15) is 0 Å². The lowest BCUT2D eigenvalue weighted by Crippen LogP contribution is -1.99. The maximum absolute atomic E-state index is 6.48. The SMILES string of the molecule is COc1ccc2nc(-c3ccccc3)c3nnc(-c4ccc(Cl)cc4Cl)n3c2c1. The predicted octanol–water partition coefficient (Wildman–Crippen LogP) is 5.93. The van der Waals surface area contributed by atoms with Crippen LogP contribution in [-0.2, 0) is 0 Å². The molecule has 0 atom stereocenters. The summed E-state index contributed by atoms with van der Waals surface area (Å²) in [6.45, 7) is 0. The first-order valence-corrected chi connectivity index (χ1v) is 9.65. The third-order valence-electron chi connectivity index (χ3n) is 4.75. The van der Waals surface area contributed by atoms with Crippen molar-refractivity contribution in [3.63, 3.8) is 0 Å². The van der Waals surface area contributed by atoms with E-state index in [1.165, 1.54) is 0 Å². The molecule has 0 fully saturated rings. The Morgan fingerprint density at radius 3 is 2.48 bits per heavy atom. The molecule has 0 radical (unpaired) electrons. The summed E-state index contributed by atoms with van der Waals surface area (Å²) in [7, 11) is 1.63. The summed E-state index contributed by atoms with van der Waals surface area (Å²) in [5.74, 6) is 1.33. The molecule has 0 bridgehead atoms. The molecular formula is C22H14Cl2N4O. The summed E-state index contributed by atoms with van der Waals surface area (Å²) in [6.07, 6.45) is 0. The normalized spacial score (nSPS) is 11.3. The van der Waals surface area contributed by atoms with Gasteiger partial charge in [0, 0.05) is 22.2 Å². The average Bonchev–Trinajstić information content (AvgIpc) is 3.18. The van der Waals surface area contributed by atoms with E-state index in [-0.39, 0.29) is 0 Å². The van der Waals surface area contributed by atoms with E-state index in [1.54, 1.807) is 19.2 Å². The molecule has 5 nitrogen and oxygen atoms in total. The Morgan fingerprint density at radius 1 is 0.897 bits per heavy atom. The fourth-order valence-corrected chi connectivity index (χ4v) is 3.87. The van der Waals surface area contributed by atoms with Crippen LogP contribution in [0.1, 0.15) is 0 Å². The van der Waals surface area contributed by atoms with Crippen molar-refractivity contribution in [2.75, 3.05) is 7.11 Å². The van der Waals surface area contributed by atoms with Crippen LogP contribution in [0.15, 0.2) is 66.7 Å². The van der Waals surface area contributed by atoms with Crippen LogP contribution in [0.4, 0.5) is 0 Å². The third-order valence-corrected chi connectivity index (χ3v) is 5.30. The van der Waals surface area contributed by atoms with E-state index in [4.69, 9.17) is 32.9 Å². The number of hydrogen-bond acceptors (Lipinski definition) is 4. The van der Waals surface area contributed by atoms with Crippen LogP contribution in [0.25, 0.3) is 39.3 Å². The molecule has 3 aromatic carbocycles. The van der Waals surface area contributed by atoms with Crippen LogP contribution in [0.5, 0.6) is 5.75 Å². The van der Waals surface area contributed by atoms with E-state index >= 15 is 0 Å². The van der Waals surface area contributed by atoms with Crippen LogP contribution in [0, 0.1) is 0 Å². The van der Waals surface area contributed by atoms with Crippen molar-refractivity contribution in [1.82, 2.24) is 19.6 Å². The Hall–Kier alpha value is -3.15. The summed E-state index contributed by atoms with van der Waals surface area (Å²) in [5, 5.41) is 9.97. The number of hydrogen-bond donors (Lipinski definition) is 0. The number of methoxy groups -OCH3 is 1. The zero-order valence-electron chi connectivity index (χ0n) is 15.3. The molecule has 0 amide bonds. The van der Waals surface area contributed by atoms with Gasteiger partial charge in [-0.15, -0.1) is 10.2 Å². The van der Waals surface area contributed by atoms with Crippen molar-refractivity contribution in [2.24, 2.45) is 0 Å². The molecule has 142 valence electrons. The summed E-state index contributed by atoms with van der Waals surface area (Å²) in [5.41, 5.74) is 4.69. The highest BCUT2D eigenvalue weighted by Crippen LogP contribution is 2.34. The molecule has 29 heavy (non-hydrogen) atoms. The second kappa shape index (κ2) is 7.03. The van der Waals surface area contributed by atoms with Crippen molar-refractivity contribution >= 4 is 39.9 Å². The van der Waals surface area contributed by atoms with E-state index in [9.17, 15) is 0 Å². The molecular weight excluding hydrogens is 407 g/mol. The monoisotopic (exact) mass is 420 g/mol. The Kier molecular flexibility index (Phi) is 4.34. The molecule has 2 aromatic heterocycles. The molecule has 5 aromatic rings. The second-order valence-electron chi connectivity index (χ2n) is 6.49. The summed E-state index contributed by atoms with van der Waals surface area (Å²) >= 11 is 12.6. The van der Waals surface area contributed by atoms with Gasteiger partial charge < -0.3 is 4.74 Å². The zero-order chi connectivity index (χ0) is 20.0. The summed E-state index contributed by atoms with van der Waals surface area (Å²) in [4.78, 5) is 4.86. The molecule has 0 aliphatic carbocycles. The van der Waals surface area contributed by atoms with Gasteiger partial charge in [0.25, 0.3) is 0 Å². The fourth-order valence-electron chi connectivity index (χ4n) is 3.38. The van der Waals surface area contributed by atoms with E-state index in [1.807, 2.05) is 59.0 Å². The van der Waals surface area contributed by atoms with Crippen LogP contribution in [0.3, 0.4) is 0 Å². The standard InChI is InChI=1S/C22H14Cl2N4O/c1-29-15-8-10-18-19(12-15)28-21(16-9-7-14(23)11-17(16)24)26-27-22(28)20(25-18)13-5-3-2-4-6-13/h2-12H,1H3. The van der Waals surface area contributed by atoms with Crippen LogP contribution in [0.2, 0.25) is 10.0 Å². The molecule has 0 N–H and O–H groups in total. The Bertz CT molecular complexity index is 1370. The molecule has 0 unspecified atom stereocenters. The highest BCUT2D eigenvalue weighted by Gasteiger charge is 2.19. The number of benzene rings is 3. The van der Waals surface area contributed by atoms with E-state index < -0.39 is 0 Å². The van der Waals surface area contributed by atoms with Gasteiger partial charge >= 0.3 is 0 Å². The molecule has 0 saturated heterocycles. The molecule has 0 spiro atoms. The van der Waals surface area contributed by atoms with Gasteiger partial charge in [-0.25, -0.2) is 4.98 Å². The largest absolute Gasteiger partial charge is 0.497 e. The molecule has 5 rings (SSSR count). The molecule has 0 aliphatic heterocycles. The maximum atomic E-state index is 6.48. The van der Waals surface area contributed by atoms with Crippen LogP contribution < -0.4 is 4.74 Å². The van der Waals surface area contributed by atoms with Gasteiger partial charge in [0.1, 0.15) is 11.4 Å². The van der Waals surface area contributed by atoms with Crippen molar-refractivity contribution in [3.05, 3.63) is 76.8 Å². The average molecular weight is 421 g/mol. The number of ether oxygens (including phenoxy) is 1. The predicted molar refractivity (Wildman–Crippen MR) is 116 cm³/mol. The lowest BCUT2D eigenvalue weighted by molar-refractivity contribution is 0.415. The van der Waals surface area contributed by atoms with Gasteiger partial charge in [-0.1, -0.05) is 53.5 Å². The zero-order valence-corrected chi connectivity index (χ0v) is 16.8. The van der Waals surface area contributed by atoms with Crippen molar-refractivity contribution in [3.8, 4) is 28.4 Å². The van der Waals surface area contributed by atoms with Gasteiger partial charge in [0.2, 0.25) is 0 Å². The fraction of sp³-hybridized carbons (Fsp3) is 0.0455. The highest BCUT2D eigenvalue weighted by atomic mass is 35.5. The topological polar surface area (TPSA) is 52.3 Å². The second-order valence-corrected chi connectivity index (χ2v) is 7.33. The van der Waals surface area contributed by atoms with E-state index in [0.29, 0.717) is 21.5 Å². The smallest absolute Gasteiger partial charge is 0.188 e. The minimum Gasteiger partial charge on any atom is -0.497 e. The quantitative estimate of drug-likeness (QED) is 0.363. The number of aromatic nitrogens is 4. The summed E-state index contributed by atoms with van der Waals surface area (Å²) < 4.78 is 7.38. The first kappa shape index (κ1) is 17.9. The van der Waals surface area contributed by atoms with E-state index in [2.05, 4.69) is 10.2 Å². The van der Waals surface area contributed by atoms with Gasteiger partial charge in [0.05, 0.1) is 23.2 Å². The molecule has 7 heteroatoms. The van der Waals surface area contributed by atoms with Gasteiger partial charge in [0.15, 0.2) is 11.5 Å². The van der Waals surface area contributed by atoms with Crippen molar-refractivity contribution in [2.45, 2.75) is 0 Å². The van der Waals surface area contributed by atoms with Gasteiger partial charge in [-0.3, -0.25) is 4.40 Å². The minimum atomic E-state index is 0.501. The number of rotatable bonds is 3. The first-order chi connectivity index (χ1) is 14.2. The Balaban J connectivity index is 1.91. The maximum Gasteiger partial charge on any atom is 0.188 e. The number of fused-ring (bicyclic) bond motifs is 3.